The van der Waals surface area contributed by atoms with Crippen LogP contribution in [0.15, 0.2) is 59.5 Å². The average Bonchev–Trinajstić information content (AvgIpc) is 2.77. The number of rotatable bonds is 8. The molecular formula is C21H25FN2O5S. The fourth-order valence-corrected chi connectivity index (χ4v) is 4.72. The van der Waals surface area contributed by atoms with Gasteiger partial charge in [0.25, 0.3) is 5.91 Å². The summed E-state index contributed by atoms with van der Waals surface area (Å²) in [4.78, 5) is 14.5. The van der Waals surface area contributed by atoms with Crippen molar-refractivity contribution < 1.29 is 27.1 Å². The third kappa shape index (κ3) is 5.42. The van der Waals surface area contributed by atoms with Gasteiger partial charge in [0.2, 0.25) is 10.0 Å². The molecule has 2 aromatic rings. The molecule has 1 amide bonds. The maximum atomic E-state index is 13.2. The Morgan fingerprint density at radius 1 is 1.20 bits per heavy atom. The van der Waals surface area contributed by atoms with E-state index in [0.717, 1.165) is 12.1 Å². The topological polar surface area (TPSA) is 76.2 Å². The number of carbonyl (C=O) groups is 1. The van der Waals surface area contributed by atoms with Gasteiger partial charge < -0.3 is 14.4 Å². The van der Waals surface area contributed by atoms with Gasteiger partial charge in [0.15, 0.2) is 0 Å². The van der Waals surface area contributed by atoms with E-state index in [9.17, 15) is 17.6 Å². The van der Waals surface area contributed by atoms with Crippen molar-refractivity contribution in [2.24, 2.45) is 0 Å². The Kier molecular flexibility index (Phi) is 7.54. The molecule has 0 radical (unpaired) electrons. The van der Waals surface area contributed by atoms with E-state index in [1.54, 1.807) is 36.3 Å². The lowest BCUT2D eigenvalue weighted by molar-refractivity contribution is -0.0196. The zero-order chi connectivity index (χ0) is 21.6. The largest absolute Gasteiger partial charge is 0.383 e. The van der Waals surface area contributed by atoms with Gasteiger partial charge in [-0.05, 0) is 36.4 Å². The molecule has 0 aromatic heterocycles. The van der Waals surface area contributed by atoms with Crippen LogP contribution in [0.3, 0.4) is 0 Å². The van der Waals surface area contributed by atoms with Crippen LogP contribution < -0.4 is 0 Å². The first kappa shape index (κ1) is 22.4. The number of nitrogens with zero attached hydrogens (tertiary/aromatic N) is 2. The van der Waals surface area contributed by atoms with Gasteiger partial charge in [0.05, 0.1) is 24.2 Å². The van der Waals surface area contributed by atoms with Gasteiger partial charge in [-0.1, -0.05) is 18.2 Å². The summed E-state index contributed by atoms with van der Waals surface area (Å²) in [5, 5.41) is 0. The number of carbonyl (C=O) groups excluding carboxylic acids is 1. The predicted molar refractivity (Wildman–Crippen MR) is 109 cm³/mol. The van der Waals surface area contributed by atoms with Gasteiger partial charge in [-0.25, -0.2) is 12.8 Å². The number of benzene rings is 2. The Morgan fingerprint density at radius 2 is 1.90 bits per heavy atom. The van der Waals surface area contributed by atoms with E-state index in [4.69, 9.17) is 9.47 Å². The van der Waals surface area contributed by atoms with Gasteiger partial charge in [-0.2, -0.15) is 4.31 Å². The molecule has 0 saturated carbocycles. The van der Waals surface area contributed by atoms with E-state index in [2.05, 4.69) is 0 Å². The van der Waals surface area contributed by atoms with Crippen LogP contribution in [-0.4, -0.2) is 76.1 Å². The van der Waals surface area contributed by atoms with Crippen molar-refractivity contribution in [1.82, 2.24) is 9.21 Å². The normalized spacial score (nSPS) is 17.6. The summed E-state index contributed by atoms with van der Waals surface area (Å²) in [7, 11) is -2.22. The van der Waals surface area contributed by atoms with E-state index in [1.807, 2.05) is 6.07 Å². The highest BCUT2D eigenvalue weighted by Gasteiger charge is 2.32. The lowest BCUT2D eigenvalue weighted by Gasteiger charge is -2.35. The molecule has 0 spiro atoms. The Morgan fingerprint density at radius 3 is 2.57 bits per heavy atom. The summed E-state index contributed by atoms with van der Waals surface area (Å²) in [6.45, 7) is 1.44. The number of methoxy groups -OCH3 is 1. The summed E-state index contributed by atoms with van der Waals surface area (Å²) in [5.74, 6) is -0.670. The first-order valence-corrected chi connectivity index (χ1v) is 11.1. The maximum absolute atomic E-state index is 13.2. The van der Waals surface area contributed by atoms with E-state index < -0.39 is 21.9 Å². The minimum atomic E-state index is -3.78. The summed E-state index contributed by atoms with van der Waals surface area (Å²) >= 11 is 0. The summed E-state index contributed by atoms with van der Waals surface area (Å²) < 4.78 is 51.2. The standard InChI is InChI=1S/C21H25FN2O5S/c1-28-13-11-23(21(25)17-5-3-2-4-6-17)15-19-16-24(12-14-29-19)30(26,27)20-9-7-18(22)8-10-20/h2-10,19H,11-16H2,1H3. The van der Waals surface area contributed by atoms with Crippen LogP contribution in [-0.2, 0) is 19.5 Å². The Hall–Kier alpha value is -2.33. The van der Waals surface area contributed by atoms with Crippen LogP contribution in [0.1, 0.15) is 10.4 Å². The van der Waals surface area contributed by atoms with Crippen LogP contribution >= 0.6 is 0 Å². The SMILES string of the molecule is COCCN(CC1CN(S(=O)(=O)c2ccc(F)cc2)CCO1)C(=O)c1ccccc1. The first-order valence-electron chi connectivity index (χ1n) is 9.62. The average molecular weight is 437 g/mol. The van der Waals surface area contributed by atoms with Crippen molar-refractivity contribution in [1.29, 1.82) is 0 Å². The van der Waals surface area contributed by atoms with Crippen LogP contribution in [0.4, 0.5) is 4.39 Å². The number of ether oxygens (including phenoxy) is 2. The molecule has 1 atom stereocenters. The fourth-order valence-electron chi connectivity index (χ4n) is 3.26. The molecule has 1 aliphatic rings. The van der Waals surface area contributed by atoms with Crippen molar-refractivity contribution >= 4 is 15.9 Å². The minimum absolute atomic E-state index is 0.0288. The van der Waals surface area contributed by atoms with E-state index in [1.165, 1.54) is 16.4 Å². The molecule has 1 unspecified atom stereocenters. The molecule has 1 aliphatic heterocycles. The van der Waals surface area contributed by atoms with Gasteiger partial charge in [0.1, 0.15) is 5.82 Å². The van der Waals surface area contributed by atoms with Crippen molar-refractivity contribution in [3.05, 3.63) is 66.0 Å². The van der Waals surface area contributed by atoms with Gasteiger partial charge in [-0.15, -0.1) is 0 Å². The van der Waals surface area contributed by atoms with E-state index in [0.29, 0.717) is 18.7 Å². The smallest absolute Gasteiger partial charge is 0.254 e. The highest BCUT2D eigenvalue weighted by Crippen LogP contribution is 2.20. The summed E-state index contributed by atoms with van der Waals surface area (Å²) in [5.41, 5.74) is 0.542. The monoisotopic (exact) mass is 436 g/mol. The zero-order valence-electron chi connectivity index (χ0n) is 16.7. The molecule has 0 aliphatic carbocycles. The molecule has 7 nitrogen and oxygen atoms in total. The molecule has 2 aromatic carbocycles. The van der Waals surface area contributed by atoms with Gasteiger partial charge in [0, 0.05) is 38.9 Å². The highest BCUT2D eigenvalue weighted by molar-refractivity contribution is 7.89. The van der Waals surface area contributed by atoms with Crippen LogP contribution in [0, 0.1) is 5.82 Å². The number of hydrogen-bond acceptors (Lipinski definition) is 5. The summed E-state index contributed by atoms with van der Waals surface area (Å²) in [6.07, 6.45) is -0.488. The second-order valence-electron chi connectivity index (χ2n) is 6.92. The third-order valence-electron chi connectivity index (χ3n) is 4.85. The second-order valence-corrected chi connectivity index (χ2v) is 8.86. The number of sulfonamides is 1. The molecule has 0 N–H and O–H groups in total. The molecule has 1 heterocycles. The second kappa shape index (κ2) is 10.1. The Balaban J connectivity index is 1.72. The quantitative estimate of drug-likeness (QED) is 0.633. The van der Waals surface area contributed by atoms with Crippen LogP contribution in [0.2, 0.25) is 0 Å². The predicted octanol–water partition coefficient (Wildman–Crippen LogP) is 2.00. The molecule has 3 rings (SSSR count). The third-order valence-corrected chi connectivity index (χ3v) is 6.73. The zero-order valence-corrected chi connectivity index (χ0v) is 17.6. The van der Waals surface area contributed by atoms with Crippen molar-refractivity contribution in [3.8, 4) is 0 Å². The van der Waals surface area contributed by atoms with Crippen molar-refractivity contribution in [2.75, 3.05) is 46.5 Å². The number of morpholine rings is 1. The number of amides is 1. The van der Waals surface area contributed by atoms with Gasteiger partial charge in [-0.3, -0.25) is 4.79 Å². The van der Waals surface area contributed by atoms with Crippen molar-refractivity contribution in [2.45, 2.75) is 11.0 Å². The lowest BCUT2D eigenvalue weighted by Crippen LogP contribution is -2.51. The number of halogens is 1. The molecule has 1 fully saturated rings. The highest BCUT2D eigenvalue weighted by atomic mass is 32.2. The molecule has 0 bridgehead atoms. The first-order chi connectivity index (χ1) is 14.4. The fraction of sp³-hybridized carbons (Fsp3) is 0.381. The van der Waals surface area contributed by atoms with E-state index >= 15 is 0 Å². The molecule has 9 heteroatoms. The Bertz CT molecular complexity index is 938. The van der Waals surface area contributed by atoms with Crippen LogP contribution in [0.5, 0.6) is 0 Å². The van der Waals surface area contributed by atoms with E-state index in [-0.39, 0.29) is 37.0 Å². The Labute approximate surface area is 176 Å². The lowest BCUT2D eigenvalue weighted by atomic mass is 10.2. The summed E-state index contributed by atoms with van der Waals surface area (Å²) in [6, 6.07) is 13.6. The molecule has 162 valence electrons. The van der Waals surface area contributed by atoms with Crippen LogP contribution in [0.25, 0.3) is 0 Å². The number of hydrogen-bond donors (Lipinski definition) is 0. The molecular weight excluding hydrogens is 411 g/mol. The van der Waals surface area contributed by atoms with Crippen molar-refractivity contribution in [3.63, 3.8) is 0 Å². The minimum Gasteiger partial charge on any atom is -0.383 e. The maximum Gasteiger partial charge on any atom is 0.254 e. The van der Waals surface area contributed by atoms with Gasteiger partial charge >= 0.3 is 0 Å². The molecule has 1 saturated heterocycles. The molecule has 30 heavy (non-hydrogen) atoms.